The van der Waals surface area contributed by atoms with E-state index in [9.17, 15) is 23.1 Å². The Labute approximate surface area is 163 Å². The number of carbonyl (C=O) groups is 1. The molecule has 0 saturated carbocycles. The average Bonchev–Trinajstić information content (AvgIpc) is 3.17. The van der Waals surface area contributed by atoms with Gasteiger partial charge in [0, 0.05) is 29.8 Å². The third kappa shape index (κ3) is 3.94. The number of hydrogen-bond acceptors (Lipinski definition) is 6. The minimum absolute atomic E-state index is 0.0509. The van der Waals surface area contributed by atoms with Gasteiger partial charge in [0.15, 0.2) is 0 Å². The van der Waals surface area contributed by atoms with Gasteiger partial charge in [-0.15, -0.1) is 5.10 Å². The molecule has 0 aliphatic carbocycles. The van der Waals surface area contributed by atoms with Gasteiger partial charge in [-0.05, 0) is 46.7 Å². The number of alkyl halides is 3. The first-order valence-corrected chi connectivity index (χ1v) is 8.51. The van der Waals surface area contributed by atoms with Crippen LogP contribution in [0.4, 0.5) is 13.2 Å². The van der Waals surface area contributed by atoms with Crippen LogP contribution in [0.2, 0.25) is 0 Å². The summed E-state index contributed by atoms with van der Waals surface area (Å²) in [6, 6.07) is 5.99. The molecule has 1 aromatic carbocycles. The molecule has 3 N–H and O–H groups in total. The molecule has 8 nitrogen and oxygen atoms in total. The molecule has 0 unspecified atom stereocenters. The van der Waals surface area contributed by atoms with Crippen LogP contribution in [0.5, 0.6) is 0 Å². The van der Waals surface area contributed by atoms with Gasteiger partial charge in [0.05, 0.1) is 11.4 Å². The van der Waals surface area contributed by atoms with Gasteiger partial charge in [0.2, 0.25) is 5.91 Å². The van der Waals surface area contributed by atoms with Crippen molar-refractivity contribution in [1.82, 2.24) is 25.2 Å². The number of nitrogens with two attached hydrogens (primary N) is 1. The summed E-state index contributed by atoms with van der Waals surface area (Å²) in [5.74, 6) is -2.74. The molecule has 11 heteroatoms. The molecule has 29 heavy (non-hydrogen) atoms. The van der Waals surface area contributed by atoms with E-state index in [2.05, 4.69) is 20.5 Å². The molecule has 1 amide bonds. The van der Waals surface area contributed by atoms with Gasteiger partial charge in [0.1, 0.15) is 0 Å². The number of halogens is 3. The van der Waals surface area contributed by atoms with Crippen LogP contribution in [0.3, 0.4) is 0 Å². The van der Waals surface area contributed by atoms with Gasteiger partial charge in [0.25, 0.3) is 5.82 Å². The molecule has 2 aromatic heterocycles. The van der Waals surface area contributed by atoms with E-state index in [0.717, 1.165) is 5.56 Å². The molecule has 0 spiro atoms. The first-order chi connectivity index (χ1) is 13.6. The summed E-state index contributed by atoms with van der Waals surface area (Å²) in [5.41, 5.74) is 7.34. The van der Waals surface area contributed by atoms with E-state index in [0.29, 0.717) is 21.5 Å². The summed E-state index contributed by atoms with van der Waals surface area (Å²) in [6.07, 6.45) is -3.23. The smallest absolute Gasteiger partial charge is 0.396 e. The van der Waals surface area contributed by atoms with Crippen molar-refractivity contribution in [1.29, 1.82) is 0 Å². The van der Waals surface area contributed by atoms with E-state index in [-0.39, 0.29) is 17.9 Å². The predicted molar refractivity (Wildman–Crippen MR) is 96.1 cm³/mol. The largest absolute Gasteiger partial charge is 0.453 e. The van der Waals surface area contributed by atoms with Crippen LogP contribution in [-0.4, -0.2) is 42.8 Å². The average molecular weight is 406 g/mol. The number of aromatic nitrogens is 5. The zero-order valence-corrected chi connectivity index (χ0v) is 15.5. The molecule has 0 bridgehead atoms. The minimum Gasteiger partial charge on any atom is -0.396 e. The number of aliphatic hydroxyl groups excluding tert-OH is 1. The fourth-order valence-corrected chi connectivity index (χ4v) is 2.96. The lowest BCUT2D eigenvalue weighted by Gasteiger charge is -2.20. The Kier molecular flexibility index (Phi) is 5.33. The Balaban J connectivity index is 2.35. The van der Waals surface area contributed by atoms with Crippen LogP contribution in [0.1, 0.15) is 40.2 Å². The lowest BCUT2D eigenvalue weighted by molar-refractivity contribution is -0.146. The van der Waals surface area contributed by atoms with Gasteiger partial charge in [-0.2, -0.15) is 17.9 Å². The molecule has 3 rings (SSSR count). The maximum Gasteiger partial charge on any atom is 0.453 e. The number of rotatable bonds is 5. The van der Waals surface area contributed by atoms with E-state index in [1.807, 2.05) is 6.92 Å². The molecular formula is C18H17F3N6O2. The Morgan fingerprint density at radius 2 is 2.03 bits per heavy atom. The zero-order chi connectivity index (χ0) is 21.3. The highest BCUT2D eigenvalue weighted by Crippen LogP contribution is 2.35. The molecule has 1 atom stereocenters. The fourth-order valence-electron chi connectivity index (χ4n) is 2.96. The van der Waals surface area contributed by atoms with Crippen molar-refractivity contribution in [2.45, 2.75) is 25.9 Å². The van der Waals surface area contributed by atoms with E-state index in [1.165, 1.54) is 12.1 Å². The van der Waals surface area contributed by atoms with E-state index >= 15 is 0 Å². The summed E-state index contributed by atoms with van der Waals surface area (Å²) in [6.45, 7) is 3.18. The van der Waals surface area contributed by atoms with E-state index in [4.69, 9.17) is 5.73 Å². The quantitative estimate of drug-likeness (QED) is 0.671. The van der Waals surface area contributed by atoms with Crippen LogP contribution in [-0.2, 0) is 6.18 Å². The molecular weight excluding hydrogens is 389 g/mol. The summed E-state index contributed by atoms with van der Waals surface area (Å²) in [7, 11) is 0. The third-order valence-electron chi connectivity index (χ3n) is 4.35. The normalized spacial score (nSPS) is 12.8. The minimum atomic E-state index is -4.81. The highest BCUT2D eigenvalue weighted by Gasteiger charge is 2.38. The number of benzene rings is 1. The number of pyridine rings is 1. The van der Waals surface area contributed by atoms with E-state index in [1.54, 1.807) is 25.3 Å². The highest BCUT2D eigenvalue weighted by molar-refractivity contribution is 5.97. The molecule has 2 heterocycles. The second-order valence-corrected chi connectivity index (χ2v) is 6.54. The van der Waals surface area contributed by atoms with Crippen molar-refractivity contribution < 1.29 is 23.1 Å². The number of nitrogens with zero attached hydrogens (tertiary/aromatic N) is 5. The van der Waals surface area contributed by atoms with Gasteiger partial charge in [-0.3, -0.25) is 9.78 Å². The standard InChI is InChI=1S/C18H17F3N6O2/c1-9-3-4-14(23-7-9)12-5-11(27-17(18(19,20)21)24-25-26-27)6-13(16(22)29)15(12)10(2)8-28/h3-7,10,28H,8H2,1-2H3,(H2,22,29)/t10-/m1/s1. The monoisotopic (exact) mass is 406 g/mol. The summed E-state index contributed by atoms with van der Waals surface area (Å²) >= 11 is 0. The van der Waals surface area contributed by atoms with Crippen LogP contribution < -0.4 is 5.73 Å². The number of tetrazole rings is 1. The summed E-state index contributed by atoms with van der Waals surface area (Å²) < 4.78 is 40.3. The number of aliphatic hydroxyl groups is 1. The maximum absolute atomic E-state index is 13.3. The predicted octanol–water partition coefficient (Wildman–Crippen LogP) is 2.25. The van der Waals surface area contributed by atoms with Gasteiger partial charge in [-0.1, -0.05) is 13.0 Å². The van der Waals surface area contributed by atoms with Gasteiger partial charge >= 0.3 is 6.18 Å². The van der Waals surface area contributed by atoms with Crippen molar-refractivity contribution in [3.8, 4) is 16.9 Å². The van der Waals surface area contributed by atoms with Crippen LogP contribution in [0, 0.1) is 6.92 Å². The maximum atomic E-state index is 13.3. The fraction of sp³-hybridized carbons (Fsp3) is 0.278. The molecule has 0 aliphatic rings. The molecule has 152 valence electrons. The van der Waals surface area contributed by atoms with Gasteiger partial charge in [-0.25, -0.2) is 0 Å². The summed E-state index contributed by atoms with van der Waals surface area (Å²) in [4.78, 5) is 16.4. The molecule has 0 saturated heterocycles. The van der Waals surface area contributed by atoms with Crippen molar-refractivity contribution >= 4 is 5.91 Å². The molecule has 0 aliphatic heterocycles. The first kappa shape index (κ1) is 20.4. The highest BCUT2D eigenvalue weighted by atomic mass is 19.4. The van der Waals surface area contributed by atoms with Crippen molar-refractivity contribution in [2.75, 3.05) is 6.61 Å². The Hall–Kier alpha value is -3.34. The Bertz CT molecular complexity index is 1050. The van der Waals surface area contributed by atoms with Crippen molar-refractivity contribution in [3.05, 3.63) is 53.0 Å². The van der Waals surface area contributed by atoms with Gasteiger partial charge < -0.3 is 10.8 Å². The number of aryl methyl sites for hydroxylation is 1. The molecule has 3 aromatic rings. The molecule has 0 fully saturated rings. The first-order valence-electron chi connectivity index (χ1n) is 8.51. The lowest BCUT2D eigenvalue weighted by Crippen LogP contribution is -2.20. The SMILES string of the molecule is Cc1ccc(-c2cc(-n3nnnc3C(F)(F)F)cc(C(N)=O)c2[C@H](C)CO)nc1. The second kappa shape index (κ2) is 7.59. The van der Waals surface area contributed by atoms with Crippen molar-refractivity contribution in [3.63, 3.8) is 0 Å². The van der Waals surface area contributed by atoms with Crippen LogP contribution in [0.25, 0.3) is 16.9 Å². The Morgan fingerprint density at radius 1 is 1.31 bits per heavy atom. The molecule has 0 radical (unpaired) electrons. The summed E-state index contributed by atoms with van der Waals surface area (Å²) in [5, 5.41) is 19.2. The second-order valence-electron chi connectivity index (χ2n) is 6.54. The Morgan fingerprint density at radius 3 is 2.59 bits per heavy atom. The van der Waals surface area contributed by atoms with Crippen molar-refractivity contribution in [2.24, 2.45) is 5.73 Å². The lowest BCUT2D eigenvalue weighted by atomic mass is 9.88. The van der Waals surface area contributed by atoms with E-state index < -0.39 is 23.8 Å². The zero-order valence-electron chi connectivity index (χ0n) is 15.5. The third-order valence-corrected chi connectivity index (χ3v) is 4.35. The number of carbonyl (C=O) groups excluding carboxylic acids is 1. The topological polar surface area (TPSA) is 120 Å². The number of hydrogen-bond donors (Lipinski definition) is 2. The number of amides is 1. The van der Waals surface area contributed by atoms with Crippen LogP contribution in [0.15, 0.2) is 30.5 Å². The number of primary amides is 1. The van der Waals surface area contributed by atoms with Crippen LogP contribution >= 0.6 is 0 Å².